The lowest BCUT2D eigenvalue weighted by Gasteiger charge is -2.08. The van der Waals surface area contributed by atoms with Crippen LogP contribution in [0.3, 0.4) is 0 Å². The molecule has 2 aromatic rings. The zero-order valence-corrected chi connectivity index (χ0v) is 9.93. The predicted octanol–water partition coefficient (Wildman–Crippen LogP) is 2.74. The third kappa shape index (κ3) is 3.17. The molecule has 0 saturated heterocycles. The molecule has 2 rings (SSSR count). The monoisotopic (exact) mass is 230 g/mol. The van der Waals surface area contributed by atoms with Crippen molar-refractivity contribution in [1.29, 1.82) is 0 Å². The lowest BCUT2D eigenvalue weighted by atomic mass is 10.2. The fourth-order valence-corrected chi connectivity index (χ4v) is 1.80. The number of benzene rings is 1. The molecule has 0 unspecified atom stereocenters. The SMILES string of the molecule is NCCCCCOc1cccc2cccnc12. The van der Waals surface area contributed by atoms with Gasteiger partial charge >= 0.3 is 0 Å². The van der Waals surface area contributed by atoms with Crippen LogP contribution >= 0.6 is 0 Å². The molecule has 0 radical (unpaired) electrons. The summed E-state index contributed by atoms with van der Waals surface area (Å²) < 4.78 is 5.76. The Morgan fingerprint density at radius 1 is 1.06 bits per heavy atom. The quantitative estimate of drug-likeness (QED) is 0.776. The number of fused-ring (bicyclic) bond motifs is 1. The zero-order chi connectivity index (χ0) is 11.9. The van der Waals surface area contributed by atoms with Crippen molar-refractivity contribution in [3.63, 3.8) is 0 Å². The smallest absolute Gasteiger partial charge is 0.145 e. The molecule has 0 spiro atoms. The van der Waals surface area contributed by atoms with E-state index in [0.717, 1.165) is 49.1 Å². The fraction of sp³-hybridized carbons (Fsp3) is 0.357. The van der Waals surface area contributed by atoms with Crippen LogP contribution in [-0.2, 0) is 0 Å². The predicted molar refractivity (Wildman–Crippen MR) is 70.1 cm³/mol. The highest BCUT2D eigenvalue weighted by molar-refractivity contribution is 5.84. The number of para-hydroxylation sites is 1. The van der Waals surface area contributed by atoms with Gasteiger partial charge in [0, 0.05) is 11.6 Å². The number of rotatable bonds is 6. The number of nitrogens with zero attached hydrogens (tertiary/aromatic N) is 1. The second kappa shape index (κ2) is 6.21. The average molecular weight is 230 g/mol. The van der Waals surface area contributed by atoms with E-state index in [1.54, 1.807) is 6.20 Å². The van der Waals surface area contributed by atoms with E-state index in [1.807, 2.05) is 30.3 Å². The summed E-state index contributed by atoms with van der Waals surface area (Å²) in [4.78, 5) is 4.35. The summed E-state index contributed by atoms with van der Waals surface area (Å²) in [5.41, 5.74) is 6.38. The third-order valence-electron chi connectivity index (χ3n) is 2.70. The highest BCUT2D eigenvalue weighted by atomic mass is 16.5. The number of unbranched alkanes of at least 4 members (excludes halogenated alkanes) is 2. The molecule has 17 heavy (non-hydrogen) atoms. The van der Waals surface area contributed by atoms with Crippen LogP contribution in [0.15, 0.2) is 36.5 Å². The molecule has 0 bridgehead atoms. The van der Waals surface area contributed by atoms with Crippen molar-refractivity contribution in [3.8, 4) is 5.75 Å². The summed E-state index contributed by atoms with van der Waals surface area (Å²) in [5, 5.41) is 1.12. The van der Waals surface area contributed by atoms with Crippen LogP contribution in [0.1, 0.15) is 19.3 Å². The van der Waals surface area contributed by atoms with E-state index in [0.29, 0.717) is 0 Å². The van der Waals surface area contributed by atoms with Gasteiger partial charge in [-0.2, -0.15) is 0 Å². The molecule has 0 amide bonds. The van der Waals surface area contributed by atoms with E-state index in [9.17, 15) is 0 Å². The maximum Gasteiger partial charge on any atom is 0.145 e. The summed E-state index contributed by atoms with van der Waals surface area (Å²) in [6.45, 7) is 1.49. The van der Waals surface area contributed by atoms with Gasteiger partial charge < -0.3 is 10.5 Å². The van der Waals surface area contributed by atoms with Gasteiger partial charge in [0.2, 0.25) is 0 Å². The van der Waals surface area contributed by atoms with Gasteiger partial charge in [-0.3, -0.25) is 4.98 Å². The first-order valence-electron chi connectivity index (χ1n) is 6.08. The topological polar surface area (TPSA) is 48.1 Å². The summed E-state index contributed by atoms with van der Waals surface area (Å²) in [5.74, 6) is 0.871. The van der Waals surface area contributed by atoms with E-state index in [-0.39, 0.29) is 0 Å². The van der Waals surface area contributed by atoms with E-state index in [2.05, 4.69) is 4.98 Å². The van der Waals surface area contributed by atoms with Gasteiger partial charge in [0.25, 0.3) is 0 Å². The van der Waals surface area contributed by atoms with Gasteiger partial charge in [-0.15, -0.1) is 0 Å². The van der Waals surface area contributed by atoms with Crippen LogP contribution < -0.4 is 10.5 Å². The summed E-state index contributed by atoms with van der Waals surface area (Å²) in [7, 11) is 0. The normalized spacial score (nSPS) is 10.6. The number of ether oxygens (including phenoxy) is 1. The Kier molecular flexibility index (Phi) is 4.33. The van der Waals surface area contributed by atoms with Gasteiger partial charge in [0.1, 0.15) is 11.3 Å². The number of nitrogens with two attached hydrogens (primary N) is 1. The van der Waals surface area contributed by atoms with Gasteiger partial charge in [-0.1, -0.05) is 18.2 Å². The van der Waals surface area contributed by atoms with Gasteiger partial charge in [-0.25, -0.2) is 0 Å². The second-order valence-electron chi connectivity index (χ2n) is 4.03. The van der Waals surface area contributed by atoms with Gasteiger partial charge in [0.05, 0.1) is 6.61 Å². The molecule has 1 aromatic carbocycles. The molecule has 1 heterocycles. The number of hydrogen-bond acceptors (Lipinski definition) is 3. The Labute approximate surface area is 102 Å². The van der Waals surface area contributed by atoms with Gasteiger partial charge in [-0.05, 0) is 37.9 Å². The standard InChI is InChI=1S/C14H18N2O/c15-9-2-1-3-11-17-13-8-4-6-12-7-5-10-16-14(12)13/h4-8,10H,1-3,9,11,15H2. The van der Waals surface area contributed by atoms with Crippen LogP contribution in [0.25, 0.3) is 10.9 Å². The molecule has 3 heteroatoms. The first kappa shape index (κ1) is 11.9. The van der Waals surface area contributed by atoms with E-state index in [4.69, 9.17) is 10.5 Å². The Morgan fingerprint density at radius 3 is 2.82 bits per heavy atom. The van der Waals surface area contributed by atoms with Crippen LogP contribution in [0.5, 0.6) is 5.75 Å². The molecule has 3 nitrogen and oxygen atoms in total. The van der Waals surface area contributed by atoms with E-state index in [1.165, 1.54) is 0 Å². The second-order valence-corrected chi connectivity index (χ2v) is 4.03. The van der Waals surface area contributed by atoms with Crippen molar-refractivity contribution in [1.82, 2.24) is 4.98 Å². The zero-order valence-electron chi connectivity index (χ0n) is 9.93. The molecule has 0 atom stereocenters. The summed E-state index contributed by atoms with van der Waals surface area (Å²) >= 11 is 0. The number of pyridine rings is 1. The molecule has 0 saturated carbocycles. The molecule has 1 aromatic heterocycles. The highest BCUT2D eigenvalue weighted by Crippen LogP contribution is 2.22. The molecule has 2 N–H and O–H groups in total. The highest BCUT2D eigenvalue weighted by Gasteiger charge is 2.01. The van der Waals surface area contributed by atoms with Crippen molar-refractivity contribution in [2.75, 3.05) is 13.2 Å². The first-order valence-corrected chi connectivity index (χ1v) is 6.08. The van der Waals surface area contributed by atoms with Crippen LogP contribution in [0, 0.1) is 0 Å². The number of aromatic nitrogens is 1. The fourth-order valence-electron chi connectivity index (χ4n) is 1.80. The lowest BCUT2D eigenvalue weighted by Crippen LogP contribution is -2.02. The molecule has 0 aliphatic heterocycles. The molecular weight excluding hydrogens is 212 g/mol. The van der Waals surface area contributed by atoms with Crippen LogP contribution in [0.4, 0.5) is 0 Å². The van der Waals surface area contributed by atoms with Crippen molar-refractivity contribution >= 4 is 10.9 Å². The summed E-state index contributed by atoms with van der Waals surface area (Å²) in [6, 6.07) is 10.00. The van der Waals surface area contributed by atoms with Crippen molar-refractivity contribution in [2.45, 2.75) is 19.3 Å². The number of hydrogen-bond donors (Lipinski definition) is 1. The Morgan fingerprint density at radius 2 is 1.94 bits per heavy atom. The third-order valence-corrected chi connectivity index (χ3v) is 2.70. The molecular formula is C14H18N2O. The minimum atomic E-state index is 0.732. The van der Waals surface area contributed by atoms with Crippen molar-refractivity contribution < 1.29 is 4.74 Å². The lowest BCUT2D eigenvalue weighted by molar-refractivity contribution is 0.308. The first-order chi connectivity index (χ1) is 8.42. The molecule has 0 aliphatic rings. The average Bonchev–Trinajstić information content (AvgIpc) is 2.39. The minimum absolute atomic E-state index is 0.732. The van der Waals surface area contributed by atoms with Gasteiger partial charge in [0.15, 0.2) is 0 Å². The van der Waals surface area contributed by atoms with E-state index >= 15 is 0 Å². The van der Waals surface area contributed by atoms with Crippen molar-refractivity contribution in [2.24, 2.45) is 5.73 Å². The van der Waals surface area contributed by atoms with Crippen molar-refractivity contribution in [3.05, 3.63) is 36.5 Å². The minimum Gasteiger partial charge on any atom is -0.491 e. The Balaban J connectivity index is 1.98. The maximum atomic E-state index is 5.76. The Bertz CT molecular complexity index is 465. The molecule has 0 aliphatic carbocycles. The van der Waals surface area contributed by atoms with E-state index < -0.39 is 0 Å². The molecule has 0 fully saturated rings. The van der Waals surface area contributed by atoms with Crippen LogP contribution in [0.2, 0.25) is 0 Å². The Hall–Kier alpha value is -1.61. The molecule has 90 valence electrons. The van der Waals surface area contributed by atoms with Crippen LogP contribution in [-0.4, -0.2) is 18.1 Å². The summed E-state index contributed by atoms with van der Waals surface area (Å²) in [6.07, 6.45) is 5.02. The largest absolute Gasteiger partial charge is 0.491 e. The maximum absolute atomic E-state index is 5.76.